The number of nitrogens with one attached hydrogen (secondary N) is 1. The lowest BCUT2D eigenvalue weighted by Crippen LogP contribution is -2.26. The van der Waals surface area contributed by atoms with E-state index in [0.29, 0.717) is 6.10 Å². The lowest BCUT2D eigenvalue weighted by atomic mass is 10.2. The molecule has 19 heavy (non-hydrogen) atoms. The first kappa shape index (κ1) is 14.2. The molecule has 1 unspecified atom stereocenters. The molecule has 0 aliphatic carbocycles. The van der Waals surface area contributed by atoms with Crippen molar-refractivity contribution in [3.63, 3.8) is 0 Å². The zero-order valence-electron chi connectivity index (χ0n) is 11.8. The molecule has 0 amide bonds. The number of nitrogens with zero attached hydrogens (tertiary/aromatic N) is 2. The molecule has 1 aromatic rings. The molecule has 106 valence electrons. The van der Waals surface area contributed by atoms with Crippen molar-refractivity contribution >= 4 is 5.82 Å². The minimum absolute atomic E-state index is 0.330. The summed E-state index contributed by atoms with van der Waals surface area (Å²) in [6, 6.07) is 4.11. The SMILES string of the molecule is COCCNCc1cccnc1N1CCC(OC)C1. The molecule has 5 heteroatoms. The maximum atomic E-state index is 5.41. The van der Waals surface area contributed by atoms with Gasteiger partial charge in [-0.1, -0.05) is 6.07 Å². The largest absolute Gasteiger partial charge is 0.383 e. The van der Waals surface area contributed by atoms with Crippen LogP contribution in [0.1, 0.15) is 12.0 Å². The van der Waals surface area contributed by atoms with Crippen LogP contribution in [-0.2, 0) is 16.0 Å². The summed E-state index contributed by atoms with van der Waals surface area (Å²) >= 11 is 0. The van der Waals surface area contributed by atoms with Crippen LogP contribution in [-0.4, -0.2) is 51.5 Å². The number of ether oxygens (including phenoxy) is 2. The molecule has 0 saturated carbocycles. The molecule has 2 heterocycles. The highest BCUT2D eigenvalue weighted by Gasteiger charge is 2.24. The number of rotatable bonds is 7. The van der Waals surface area contributed by atoms with Crippen LogP contribution in [0.25, 0.3) is 0 Å². The number of pyridine rings is 1. The highest BCUT2D eigenvalue weighted by molar-refractivity contribution is 5.47. The Bertz CT molecular complexity index is 387. The zero-order chi connectivity index (χ0) is 13.5. The third-order valence-corrected chi connectivity index (χ3v) is 3.44. The highest BCUT2D eigenvalue weighted by Crippen LogP contribution is 2.23. The predicted molar refractivity (Wildman–Crippen MR) is 75.4 cm³/mol. The first-order valence-electron chi connectivity index (χ1n) is 6.76. The van der Waals surface area contributed by atoms with E-state index in [1.165, 1.54) is 5.56 Å². The molecule has 5 nitrogen and oxygen atoms in total. The van der Waals surface area contributed by atoms with Crippen molar-refractivity contribution in [3.8, 4) is 0 Å². The molecule has 0 bridgehead atoms. The van der Waals surface area contributed by atoms with Crippen LogP contribution >= 0.6 is 0 Å². The first-order valence-corrected chi connectivity index (χ1v) is 6.76. The van der Waals surface area contributed by atoms with Gasteiger partial charge in [-0.25, -0.2) is 4.98 Å². The molecular weight excluding hydrogens is 242 g/mol. The zero-order valence-corrected chi connectivity index (χ0v) is 11.8. The van der Waals surface area contributed by atoms with Crippen molar-refractivity contribution in [1.82, 2.24) is 10.3 Å². The van der Waals surface area contributed by atoms with Crippen LogP contribution in [0.4, 0.5) is 5.82 Å². The average Bonchev–Trinajstić information content (AvgIpc) is 2.93. The van der Waals surface area contributed by atoms with Gasteiger partial charge in [0.2, 0.25) is 0 Å². The Morgan fingerprint density at radius 2 is 2.37 bits per heavy atom. The summed E-state index contributed by atoms with van der Waals surface area (Å²) in [7, 11) is 3.49. The van der Waals surface area contributed by atoms with Gasteiger partial charge >= 0.3 is 0 Å². The van der Waals surface area contributed by atoms with Gasteiger partial charge in [0.25, 0.3) is 0 Å². The van der Waals surface area contributed by atoms with Crippen molar-refractivity contribution < 1.29 is 9.47 Å². The van der Waals surface area contributed by atoms with E-state index in [9.17, 15) is 0 Å². The Kier molecular flexibility index (Phi) is 5.57. The summed E-state index contributed by atoms with van der Waals surface area (Å²) in [6.45, 7) is 4.34. The van der Waals surface area contributed by atoms with E-state index in [2.05, 4.69) is 21.3 Å². The van der Waals surface area contributed by atoms with E-state index in [0.717, 1.165) is 45.0 Å². The number of aromatic nitrogens is 1. The second-order valence-corrected chi connectivity index (χ2v) is 4.75. The van der Waals surface area contributed by atoms with Gasteiger partial charge in [-0.15, -0.1) is 0 Å². The maximum Gasteiger partial charge on any atom is 0.133 e. The average molecular weight is 265 g/mol. The van der Waals surface area contributed by atoms with Crippen molar-refractivity contribution in [2.24, 2.45) is 0 Å². The quantitative estimate of drug-likeness (QED) is 0.747. The fourth-order valence-corrected chi connectivity index (χ4v) is 2.36. The molecule has 1 aliphatic rings. The van der Waals surface area contributed by atoms with Gasteiger partial charge < -0.3 is 19.7 Å². The third-order valence-electron chi connectivity index (χ3n) is 3.44. The van der Waals surface area contributed by atoms with E-state index >= 15 is 0 Å². The monoisotopic (exact) mass is 265 g/mol. The molecule has 0 radical (unpaired) electrons. The van der Waals surface area contributed by atoms with Crippen LogP contribution in [0.5, 0.6) is 0 Å². The lowest BCUT2D eigenvalue weighted by molar-refractivity contribution is 0.121. The van der Waals surface area contributed by atoms with E-state index in [1.807, 2.05) is 12.3 Å². The Morgan fingerprint density at radius 1 is 1.47 bits per heavy atom. The van der Waals surface area contributed by atoms with Gasteiger partial charge in [-0.3, -0.25) is 0 Å². The van der Waals surface area contributed by atoms with E-state index in [1.54, 1.807) is 14.2 Å². The van der Waals surface area contributed by atoms with Gasteiger partial charge in [-0.05, 0) is 12.5 Å². The number of hydrogen-bond acceptors (Lipinski definition) is 5. The Balaban J connectivity index is 1.96. The minimum Gasteiger partial charge on any atom is -0.383 e. The predicted octanol–water partition coefficient (Wildman–Crippen LogP) is 1.04. The molecular formula is C14H23N3O2. The topological polar surface area (TPSA) is 46.6 Å². The smallest absolute Gasteiger partial charge is 0.133 e. The standard InChI is InChI=1S/C14H23N3O2/c1-18-9-7-15-10-12-4-3-6-16-14(12)17-8-5-13(11-17)19-2/h3-4,6,13,15H,5,7-11H2,1-2H3. The molecule has 1 saturated heterocycles. The second-order valence-electron chi connectivity index (χ2n) is 4.75. The van der Waals surface area contributed by atoms with Gasteiger partial charge in [0.05, 0.1) is 12.7 Å². The molecule has 1 N–H and O–H groups in total. The number of hydrogen-bond donors (Lipinski definition) is 1. The lowest BCUT2D eigenvalue weighted by Gasteiger charge is -2.20. The Morgan fingerprint density at radius 3 is 3.11 bits per heavy atom. The molecule has 0 aromatic carbocycles. The molecule has 0 spiro atoms. The summed E-state index contributed by atoms with van der Waals surface area (Å²) in [4.78, 5) is 6.83. The van der Waals surface area contributed by atoms with Gasteiger partial charge in [0, 0.05) is 52.2 Å². The second kappa shape index (κ2) is 7.43. The van der Waals surface area contributed by atoms with Crippen LogP contribution < -0.4 is 10.2 Å². The molecule has 1 fully saturated rings. The van der Waals surface area contributed by atoms with Crippen LogP contribution in [0, 0.1) is 0 Å². The van der Waals surface area contributed by atoms with Gasteiger partial charge in [0.15, 0.2) is 0 Å². The fraction of sp³-hybridized carbons (Fsp3) is 0.643. The number of methoxy groups -OCH3 is 2. The molecule has 1 aliphatic heterocycles. The van der Waals surface area contributed by atoms with Crippen LogP contribution in [0.2, 0.25) is 0 Å². The third kappa shape index (κ3) is 3.89. The Hall–Kier alpha value is -1.17. The summed E-state index contributed by atoms with van der Waals surface area (Å²) in [5.74, 6) is 1.08. The normalized spacial score (nSPS) is 19.1. The first-order chi connectivity index (χ1) is 9.35. The van der Waals surface area contributed by atoms with Crippen LogP contribution in [0.3, 0.4) is 0 Å². The summed E-state index contributed by atoms with van der Waals surface area (Å²) in [5, 5.41) is 3.37. The summed E-state index contributed by atoms with van der Waals surface area (Å²) < 4.78 is 10.4. The van der Waals surface area contributed by atoms with Gasteiger partial charge in [-0.2, -0.15) is 0 Å². The molecule has 1 aromatic heterocycles. The summed E-state index contributed by atoms with van der Waals surface area (Å²) in [5.41, 5.74) is 1.23. The van der Waals surface area contributed by atoms with E-state index in [-0.39, 0.29) is 0 Å². The molecule has 2 rings (SSSR count). The van der Waals surface area contributed by atoms with Crippen LogP contribution in [0.15, 0.2) is 18.3 Å². The van der Waals surface area contributed by atoms with Gasteiger partial charge in [0.1, 0.15) is 5.82 Å². The number of anilines is 1. The van der Waals surface area contributed by atoms with Crippen molar-refractivity contribution in [1.29, 1.82) is 0 Å². The van der Waals surface area contributed by atoms with Crippen molar-refractivity contribution in [2.45, 2.75) is 19.1 Å². The van der Waals surface area contributed by atoms with E-state index < -0.39 is 0 Å². The molecule has 1 atom stereocenters. The highest BCUT2D eigenvalue weighted by atomic mass is 16.5. The fourth-order valence-electron chi connectivity index (χ4n) is 2.36. The maximum absolute atomic E-state index is 5.41. The van der Waals surface area contributed by atoms with E-state index in [4.69, 9.17) is 9.47 Å². The Labute approximate surface area is 114 Å². The minimum atomic E-state index is 0.330. The van der Waals surface area contributed by atoms with Crippen molar-refractivity contribution in [3.05, 3.63) is 23.9 Å². The van der Waals surface area contributed by atoms with Crippen molar-refractivity contribution in [2.75, 3.05) is 45.4 Å². The summed E-state index contributed by atoms with van der Waals surface area (Å²) in [6.07, 6.45) is 3.26.